The molecule has 0 bridgehead atoms. The third-order valence-electron chi connectivity index (χ3n) is 3.90. The summed E-state index contributed by atoms with van der Waals surface area (Å²) in [7, 11) is 1.65. The zero-order valence-corrected chi connectivity index (χ0v) is 12.7. The van der Waals surface area contributed by atoms with Crippen molar-refractivity contribution in [2.24, 2.45) is 5.73 Å². The largest absolute Gasteiger partial charge is 0.493 e. The molecular formula is C18H23NO2. The van der Waals surface area contributed by atoms with Crippen molar-refractivity contribution in [1.29, 1.82) is 0 Å². The monoisotopic (exact) mass is 285 g/mol. The molecule has 0 fully saturated rings. The maximum absolute atomic E-state index is 5.99. The standard InChI is InChI=1S/C18H23NO2/c1-18(14-19,15-8-4-3-5-9-15)12-13-21-17-11-7-6-10-16(17)20-2/h3-11H,12-14,19H2,1-2H3. The molecule has 0 radical (unpaired) electrons. The van der Waals surface area contributed by atoms with E-state index in [-0.39, 0.29) is 5.41 Å². The molecule has 0 aliphatic carbocycles. The van der Waals surface area contributed by atoms with Crippen molar-refractivity contribution in [3.63, 3.8) is 0 Å². The first-order valence-electron chi connectivity index (χ1n) is 7.21. The van der Waals surface area contributed by atoms with E-state index in [0.29, 0.717) is 13.2 Å². The van der Waals surface area contributed by atoms with Crippen LogP contribution in [-0.4, -0.2) is 20.3 Å². The molecule has 2 aromatic rings. The molecular weight excluding hydrogens is 262 g/mol. The summed E-state index contributed by atoms with van der Waals surface area (Å²) in [4.78, 5) is 0. The van der Waals surface area contributed by atoms with Gasteiger partial charge in [-0.15, -0.1) is 0 Å². The Bertz CT molecular complexity index is 556. The van der Waals surface area contributed by atoms with E-state index in [4.69, 9.17) is 15.2 Å². The van der Waals surface area contributed by atoms with Crippen molar-refractivity contribution >= 4 is 0 Å². The Kier molecular flexibility index (Phi) is 5.23. The Balaban J connectivity index is 2.01. The van der Waals surface area contributed by atoms with E-state index in [1.54, 1.807) is 7.11 Å². The fourth-order valence-corrected chi connectivity index (χ4v) is 2.33. The third kappa shape index (κ3) is 3.76. The first-order chi connectivity index (χ1) is 10.2. The topological polar surface area (TPSA) is 44.5 Å². The highest BCUT2D eigenvalue weighted by Crippen LogP contribution is 2.29. The zero-order valence-electron chi connectivity index (χ0n) is 12.7. The summed E-state index contributed by atoms with van der Waals surface area (Å²) < 4.78 is 11.2. The predicted octanol–water partition coefficient (Wildman–Crippen LogP) is 3.38. The van der Waals surface area contributed by atoms with Gasteiger partial charge >= 0.3 is 0 Å². The van der Waals surface area contributed by atoms with Crippen LogP contribution in [0.3, 0.4) is 0 Å². The molecule has 2 N–H and O–H groups in total. The molecule has 0 aromatic heterocycles. The van der Waals surface area contributed by atoms with Crippen LogP contribution >= 0.6 is 0 Å². The smallest absolute Gasteiger partial charge is 0.161 e. The van der Waals surface area contributed by atoms with E-state index in [1.165, 1.54) is 5.56 Å². The van der Waals surface area contributed by atoms with Gasteiger partial charge in [0.1, 0.15) is 0 Å². The second kappa shape index (κ2) is 7.14. The van der Waals surface area contributed by atoms with Crippen LogP contribution in [-0.2, 0) is 5.41 Å². The van der Waals surface area contributed by atoms with Crippen LogP contribution in [0.5, 0.6) is 11.5 Å². The van der Waals surface area contributed by atoms with E-state index in [2.05, 4.69) is 19.1 Å². The average molecular weight is 285 g/mol. The normalized spacial score (nSPS) is 13.5. The second-order valence-corrected chi connectivity index (χ2v) is 5.38. The molecule has 0 saturated carbocycles. The van der Waals surface area contributed by atoms with Crippen LogP contribution in [0.15, 0.2) is 54.6 Å². The summed E-state index contributed by atoms with van der Waals surface area (Å²) in [5.41, 5.74) is 7.16. The first-order valence-corrected chi connectivity index (χ1v) is 7.21. The third-order valence-corrected chi connectivity index (χ3v) is 3.90. The molecule has 0 aliphatic heterocycles. The molecule has 2 rings (SSSR count). The minimum Gasteiger partial charge on any atom is -0.493 e. The lowest BCUT2D eigenvalue weighted by atomic mass is 9.80. The van der Waals surface area contributed by atoms with Crippen LogP contribution in [0, 0.1) is 0 Å². The molecule has 3 heteroatoms. The van der Waals surface area contributed by atoms with Gasteiger partial charge < -0.3 is 15.2 Å². The molecule has 0 saturated heterocycles. The van der Waals surface area contributed by atoms with Gasteiger partial charge in [-0.1, -0.05) is 49.4 Å². The molecule has 112 valence electrons. The van der Waals surface area contributed by atoms with Gasteiger partial charge in [-0.2, -0.15) is 0 Å². The van der Waals surface area contributed by atoms with Crippen molar-refractivity contribution in [2.45, 2.75) is 18.8 Å². The van der Waals surface area contributed by atoms with Gasteiger partial charge in [-0.3, -0.25) is 0 Å². The lowest BCUT2D eigenvalue weighted by molar-refractivity contribution is 0.255. The summed E-state index contributed by atoms with van der Waals surface area (Å²) in [5.74, 6) is 1.53. The van der Waals surface area contributed by atoms with Gasteiger partial charge in [0.15, 0.2) is 11.5 Å². The number of hydrogen-bond acceptors (Lipinski definition) is 3. The molecule has 3 nitrogen and oxygen atoms in total. The Morgan fingerprint density at radius 3 is 2.19 bits per heavy atom. The molecule has 1 atom stereocenters. The highest BCUT2D eigenvalue weighted by Gasteiger charge is 2.24. The lowest BCUT2D eigenvalue weighted by Gasteiger charge is -2.28. The summed E-state index contributed by atoms with van der Waals surface area (Å²) in [6.07, 6.45) is 0.853. The SMILES string of the molecule is COc1ccccc1OCCC(C)(CN)c1ccccc1. The number of methoxy groups -OCH3 is 1. The van der Waals surface area contributed by atoms with Gasteiger partial charge in [0, 0.05) is 12.0 Å². The van der Waals surface area contributed by atoms with E-state index in [1.807, 2.05) is 42.5 Å². The van der Waals surface area contributed by atoms with E-state index < -0.39 is 0 Å². The number of para-hydroxylation sites is 2. The Hall–Kier alpha value is -2.00. The van der Waals surface area contributed by atoms with Gasteiger partial charge in [-0.25, -0.2) is 0 Å². The number of rotatable bonds is 7. The molecule has 2 aromatic carbocycles. The molecule has 1 unspecified atom stereocenters. The Morgan fingerprint density at radius 2 is 1.57 bits per heavy atom. The van der Waals surface area contributed by atoms with Crippen LogP contribution in [0.1, 0.15) is 18.9 Å². The molecule has 0 amide bonds. The number of nitrogens with two attached hydrogens (primary N) is 1. The molecule has 0 heterocycles. The van der Waals surface area contributed by atoms with Crippen LogP contribution in [0.25, 0.3) is 0 Å². The Labute approximate surface area is 126 Å². The lowest BCUT2D eigenvalue weighted by Crippen LogP contribution is -2.33. The summed E-state index contributed by atoms with van der Waals surface area (Å²) >= 11 is 0. The fourth-order valence-electron chi connectivity index (χ4n) is 2.33. The highest BCUT2D eigenvalue weighted by molar-refractivity contribution is 5.39. The maximum atomic E-state index is 5.99. The maximum Gasteiger partial charge on any atom is 0.161 e. The van der Waals surface area contributed by atoms with E-state index >= 15 is 0 Å². The highest BCUT2D eigenvalue weighted by atomic mass is 16.5. The predicted molar refractivity (Wildman–Crippen MR) is 86.0 cm³/mol. The summed E-state index contributed by atoms with van der Waals surface area (Å²) in [6, 6.07) is 18.0. The summed E-state index contributed by atoms with van der Waals surface area (Å²) in [5, 5.41) is 0. The van der Waals surface area contributed by atoms with Crippen molar-refractivity contribution in [3.05, 3.63) is 60.2 Å². The molecule has 0 aliphatic rings. The van der Waals surface area contributed by atoms with E-state index in [9.17, 15) is 0 Å². The van der Waals surface area contributed by atoms with Crippen LogP contribution in [0.2, 0.25) is 0 Å². The van der Waals surface area contributed by atoms with Crippen molar-refractivity contribution in [1.82, 2.24) is 0 Å². The second-order valence-electron chi connectivity index (χ2n) is 5.38. The van der Waals surface area contributed by atoms with E-state index in [0.717, 1.165) is 17.9 Å². The average Bonchev–Trinajstić information content (AvgIpc) is 2.56. The number of benzene rings is 2. The van der Waals surface area contributed by atoms with Gasteiger partial charge in [-0.05, 0) is 24.1 Å². The van der Waals surface area contributed by atoms with Crippen LogP contribution in [0.4, 0.5) is 0 Å². The minimum atomic E-state index is -0.0801. The first kappa shape index (κ1) is 15.4. The fraction of sp³-hybridized carbons (Fsp3) is 0.333. The molecule has 21 heavy (non-hydrogen) atoms. The number of ether oxygens (including phenoxy) is 2. The quantitative estimate of drug-likeness (QED) is 0.848. The van der Waals surface area contributed by atoms with Crippen molar-refractivity contribution in [3.8, 4) is 11.5 Å². The zero-order chi connectivity index (χ0) is 15.1. The minimum absolute atomic E-state index is 0.0801. The van der Waals surface area contributed by atoms with Crippen molar-refractivity contribution < 1.29 is 9.47 Å². The van der Waals surface area contributed by atoms with Crippen molar-refractivity contribution in [2.75, 3.05) is 20.3 Å². The number of hydrogen-bond donors (Lipinski definition) is 1. The van der Waals surface area contributed by atoms with Gasteiger partial charge in [0.05, 0.1) is 13.7 Å². The Morgan fingerprint density at radius 1 is 0.952 bits per heavy atom. The van der Waals surface area contributed by atoms with Gasteiger partial charge in [0.2, 0.25) is 0 Å². The van der Waals surface area contributed by atoms with Gasteiger partial charge in [0.25, 0.3) is 0 Å². The molecule has 0 spiro atoms. The van der Waals surface area contributed by atoms with Crippen LogP contribution < -0.4 is 15.2 Å². The summed E-state index contributed by atoms with van der Waals surface area (Å²) in [6.45, 7) is 3.36.